The van der Waals surface area contributed by atoms with Crippen LogP contribution in [0.3, 0.4) is 0 Å². The summed E-state index contributed by atoms with van der Waals surface area (Å²) in [4.78, 5) is 18.3. The first-order chi connectivity index (χ1) is 9.61. The molecule has 0 spiro atoms. The van der Waals surface area contributed by atoms with Crippen LogP contribution in [0, 0.1) is 0 Å². The van der Waals surface area contributed by atoms with Crippen LogP contribution in [0.2, 0.25) is 0 Å². The van der Waals surface area contributed by atoms with Gasteiger partial charge in [0.2, 0.25) is 0 Å². The van der Waals surface area contributed by atoms with Crippen LogP contribution in [0.15, 0.2) is 4.42 Å². The SMILES string of the molecule is CCOC(=O)c1nc(N2CCCC2)oc1COC(C)C. The number of aromatic nitrogens is 1. The normalized spacial score (nSPS) is 15.1. The van der Waals surface area contributed by atoms with Crippen LogP contribution in [0.1, 0.15) is 49.9 Å². The van der Waals surface area contributed by atoms with Crippen molar-refractivity contribution < 1.29 is 18.7 Å². The number of ether oxygens (including phenoxy) is 2. The van der Waals surface area contributed by atoms with Crippen LogP contribution in [-0.4, -0.2) is 36.8 Å². The summed E-state index contributed by atoms with van der Waals surface area (Å²) in [6, 6.07) is 0.493. The van der Waals surface area contributed by atoms with E-state index >= 15 is 0 Å². The fourth-order valence-electron chi connectivity index (χ4n) is 2.08. The van der Waals surface area contributed by atoms with Crippen LogP contribution in [0.25, 0.3) is 0 Å². The second kappa shape index (κ2) is 6.74. The Kier molecular flexibility index (Phi) is 5.00. The molecule has 0 radical (unpaired) electrons. The van der Waals surface area contributed by atoms with E-state index in [1.54, 1.807) is 6.92 Å². The smallest absolute Gasteiger partial charge is 0.360 e. The van der Waals surface area contributed by atoms with Crippen molar-refractivity contribution in [2.75, 3.05) is 24.6 Å². The molecule has 1 aromatic heterocycles. The van der Waals surface area contributed by atoms with Gasteiger partial charge in [-0.1, -0.05) is 0 Å². The number of hydrogen-bond donors (Lipinski definition) is 0. The minimum Gasteiger partial charge on any atom is -0.461 e. The highest BCUT2D eigenvalue weighted by atomic mass is 16.5. The van der Waals surface area contributed by atoms with Crippen molar-refractivity contribution in [2.24, 2.45) is 0 Å². The monoisotopic (exact) mass is 282 g/mol. The number of carbonyl (C=O) groups excluding carboxylic acids is 1. The van der Waals surface area contributed by atoms with Crippen molar-refractivity contribution in [2.45, 2.75) is 46.3 Å². The van der Waals surface area contributed by atoms with Crippen molar-refractivity contribution in [3.8, 4) is 0 Å². The van der Waals surface area contributed by atoms with Gasteiger partial charge in [-0.25, -0.2) is 4.79 Å². The number of hydrogen-bond acceptors (Lipinski definition) is 6. The average Bonchev–Trinajstić information content (AvgIpc) is 3.05. The number of anilines is 1. The predicted octanol–water partition coefficient (Wildman–Crippen LogP) is 2.38. The molecule has 0 atom stereocenters. The van der Waals surface area contributed by atoms with Gasteiger partial charge < -0.3 is 18.8 Å². The van der Waals surface area contributed by atoms with Gasteiger partial charge in [0.25, 0.3) is 6.01 Å². The van der Waals surface area contributed by atoms with E-state index in [9.17, 15) is 4.79 Å². The molecule has 2 rings (SSSR count). The van der Waals surface area contributed by atoms with Gasteiger partial charge in [-0.2, -0.15) is 4.98 Å². The van der Waals surface area contributed by atoms with Gasteiger partial charge in [0.1, 0.15) is 6.61 Å². The molecular weight excluding hydrogens is 260 g/mol. The lowest BCUT2D eigenvalue weighted by Crippen LogP contribution is -2.18. The molecule has 0 aromatic carbocycles. The van der Waals surface area contributed by atoms with Crippen molar-refractivity contribution in [1.82, 2.24) is 4.98 Å². The second-order valence-corrected chi connectivity index (χ2v) is 5.04. The summed E-state index contributed by atoms with van der Waals surface area (Å²) in [5.74, 6) is -0.0110. The predicted molar refractivity (Wildman–Crippen MR) is 73.8 cm³/mol. The fourth-order valence-corrected chi connectivity index (χ4v) is 2.08. The van der Waals surface area contributed by atoms with Gasteiger partial charge in [-0.3, -0.25) is 0 Å². The molecule has 0 bridgehead atoms. The maximum absolute atomic E-state index is 11.9. The summed E-state index contributed by atoms with van der Waals surface area (Å²) in [5.41, 5.74) is 0.231. The lowest BCUT2D eigenvalue weighted by molar-refractivity contribution is 0.0452. The van der Waals surface area contributed by atoms with E-state index in [1.165, 1.54) is 0 Å². The molecule has 6 nitrogen and oxygen atoms in total. The van der Waals surface area contributed by atoms with Crippen LogP contribution in [0.5, 0.6) is 0 Å². The molecule has 1 fully saturated rings. The molecule has 1 aliphatic heterocycles. The zero-order valence-electron chi connectivity index (χ0n) is 12.3. The Hall–Kier alpha value is -1.56. The van der Waals surface area contributed by atoms with Gasteiger partial charge in [-0.05, 0) is 33.6 Å². The Labute approximate surface area is 119 Å². The molecule has 2 heterocycles. The van der Waals surface area contributed by atoms with Crippen LogP contribution < -0.4 is 4.90 Å². The summed E-state index contributed by atoms with van der Waals surface area (Å²) >= 11 is 0. The quantitative estimate of drug-likeness (QED) is 0.746. The van der Waals surface area contributed by atoms with Gasteiger partial charge in [0, 0.05) is 13.1 Å². The highest BCUT2D eigenvalue weighted by Gasteiger charge is 2.25. The van der Waals surface area contributed by atoms with E-state index in [4.69, 9.17) is 13.9 Å². The second-order valence-electron chi connectivity index (χ2n) is 5.04. The molecule has 0 N–H and O–H groups in total. The molecule has 1 aromatic rings. The third-order valence-corrected chi connectivity index (χ3v) is 3.08. The number of esters is 1. The number of nitrogens with zero attached hydrogens (tertiary/aromatic N) is 2. The maximum atomic E-state index is 11.9. The van der Waals surface area contributed by atoms with Crippen molar-refractivity contribution in [3.05, 3.63) is 11.5 Å². The zero-order valence-corrected chi connectivity index (χ0v) is 12.3. The first-order valence-corrected chi connectivity index (χ1v) is 7.15. The number of carbonyl (C=O) groups is 1. The van der Waals surface area contributed by atoms with E-state index in [2.05, 4.69) is 4.98 Å². The van der Waals surface area contributed by atoms with Crippen molar-refractivity contribution in [1.29, 1.82) is 0 Å². The minimum atomic E-state index is -0.455. The highest BCUT2D eigenvalue weighted by Crippen LogP contribution is 2.24. The first-order valence-electron chi connectivity index (χ1n) is 7.15. The Bertz CT molecular complexity index is 450. The van der Waals surface area contributed by atoms with Crippen LogP contribution in [-0.2, 0) is 16.1 Å². The third-order valence-electron chi connectivity index (χ3n) is 3.08. The van der Waals surface area contributed by atoms with Gasteiger partial charge in [0.05, 0.1) is 12.7 Å². The molecule has 0 unspecified atom stereocenters. The van der Waals surface area contributed by atoms with E-state index in [-0.39, 0.29) is 18.4 Å². The average molecular weight is 282 g/mol. The Morgan fingerprint density at radius 1 is 1.40 bits per heavy atom. The van der Waals surface area contributed by atoms with Gasteiger partial charge in [0.15, 0.2) is 11.5 Å². The summed E-state index contributed by atoms with van der Waals surface area (Å²) in [5, 5.41) is 0. The molecule has 0 amide bonds. The Morgan fingerprint density at radius 2 is 2.10 bits per heavy atom. The number of oxazole rings is 1. The summed E-state index contributed by atoms with van der Waals surface area (Å²) in [7, 11) is 0. The van der Waals surface area contributed by atoms with E-state index in [0.717, 1.165) is 25.9 Å². The standard InChI is InChI=1S/C14H22N2O4/c1-4-18-13(17)12-11(9-19-10(2)3)20-14(15-12)16-7-5-6-8-16/h10H,4-9H2,1-3H3. The van der Waals surface area contributed by atoms with E-state index < -0.39 is 5.97 Å². The van der Waals surface area contributed by atoms with Crippen molar-refractivity contribution >= 4 is 12.0 Å². The summed E-state index contributed by atoms with van der Waals surface area (Å²) < 4.78 is 16.2. The topological polar surface area (TPSA) is 64.8 Å². The largest absolute Gasteiger partial charge is 0.461 e. The molecule has 0 aliphatic carbocycles. The molecular formula is C14H22N2O4. The Balaban J connectivity index is 2.18. The van der Waals surface area contributed by atoms with Crippen LogP contribution in [0.4, 0.5) is 6.01 Å². The highest BCUT2D eigenvalue weighted by molar-refractivity contribution is 5.88. The van der Waals surface area contributed by atoms with Crippen molar-refractivity contribution in [3.63, 3.8) is 0 Å². The lowest BCUT2D eigenvalue weighted by atomic mass is 10.3. The first kappa shape index (κ1) is 14.8. The fraction of sp³-hybridized carbons (Fsp3) is 0.714. The van der Waals surface area contributed by atoms with Gasteiger partial charge >= 0.3 is 5.97 Å². The summed E-state index contributed by atoms with van der Waals surface area (Å²) in [6.07, 6.45) is 2.30. The summed E-state index contributed by atoms with van der Waals surface area (Å²) in [6.45, 7) is 8.00. The molecule has 1 aliphatic rings. The Morgan fingerprint density at radius 3 is 2.70 bits per heavy atom. The number of rotatable bonds is 6. The minimum absolute atomic E-state index is 0.0605. The van der Waals surface area contributed by atoms with Gasteiger partial charge in [-0.15, -0.1) is 0 Å². The third kappa shape index (κ3) is 3.50. The maximum Gasteiger partial charge on any atom is 0.360 e. The molecule has 6 heteroatoms. The van der Waals surface area contributed by atoms with E-state index in [0.29, 0.717) is 18.4 Å². The lowest BCUT2D eigenvalue weighted by Gasteiger charge is -2.10. The zero-order chi connectivity index (χ0) is 14.5. The molecule has 0 saturated carbocycles. The molecule has 20 heavy (non-hydrogen) atoms. The molecule has 1 saturated heterocycles. The van der Waals surface area contributed by atoms with Crippen LogP contribution >= 0.6 is 0 Å². The molecule has 112 valence electrons. The van der Waals surface area contributed by atoms with E-state index in [1.807, 2.05) is 18.7 Å².